The van der Waals surface area contributed by atoms with Gasteiger partial charge in [-0.15, -0.1) is 0 Å². The third-order valence-corrected chi connectivity index (χ3v) is 3.30. The molecule has 0 aliphatic heterocycles. The lowest BCUT2D eigenvalue weighted by Crippen LogP contribution is -2.29. The number of nitrogens with two attached hydrogens (primary N) is 1. The van der Waals surface area contributed by atoms with Crippen molar-refractivity contribution < 1.29 is 0 Å². The van der Waals surface area contributed by atoms with Crippen LogP contribution in [0.3, 0.4) is 0 Å². The Morgan fingerprint density at radius 3 is 2.78 bits per heavy atom. The maximum absolute atomic E-state index is 12.3. The first-order valence-corrected chi connectivity index (χ1v) is 6.20. The average Bonchev–Trinajstić information content (AvgIpc) is 2.38. The fourth-order valence-corrected chi connectivity index (χ4v) is 1.98. The first kappa shape index (κ1) is 12.6. The van der Waals surface area contributed by atoms with Crippen molar-refractivity contribution in [1.29, 1.82) is 0 Å². The molecule has 0 bridgehead atoms. The Morgan fingerprint density at radius 2 is 2.06 bits per heavy atom. The van der Waals surface area contributed by atoms with Gasteiger partial charge in [0.2, 0.25) is 0 Å². The lowest BCUT2D eigenvalue weighted by Gasteiger charge is -2.16. The van der Waals surface area contributed by atoms with Crippen molar-refractivity contribution in [2.24, 2.45) is 0 Å². The van der Waals surface area contributed by atoms with E-state index in [1.54, 1.807) is 4.57 Å². The van der Waals surface area contributed by atoms with Crippen LogP contribution in [0.5, 0.6) is 0 Å². The second-order valence-corrected chi connectivity index (χ2v) is 4.51. The molecule has 0 fully saturated rings. The Hall–Kier alpha value is -1.81. The number of rotatable bonds is 4. The SMILES string of the molecule is CCN(C)CCn1c(N)cc2ccccc2c1=O. The van der Waals surface area contributed by atoms with Crippen LogP contribution in [-0.2, 0) is 6.54 Å². The lowest BCUT2D eigenvalue weighted by atomic mass is 10.1. The van der Waals surface area contributed by atoms with Crippen molar-refractivity contribution in [2.75, 3.05) is 25.9 Å². The van der Waals surface area contributed by atoms with E-state index in [9.17, 15) is 4.79 Å². The number of fused-ring (bicyclic) bond motifs is 1. The summed E-state index contributed by atoms with van der Waals surface area (Å²) in [5.41, 5.74) is 5.96. The maximum Gasteiger partial charge on any atom is 0.260 e. The predicted molar refractivity (Wildman–Crippen MR) is 75.8 cm³/mol. The summed E-state index contributed by atoms with van der Waals surface area (Å²) >= 11 is 0. The van der Waals surface area contributed by atoms with Gasteiger partial charge in [0, 0.05) is 18.5 Å². The highest BCUT2D eigenvalue weighted by Gasteiger charge is 2.07. The topological polar surface area (TPSA) is 51.3 Å². The molecule has 1 heterocycles. The maximum atomic E-state index is 12.3. The summed E-state index contributed by atoms with van der Waals surface area (Å²) in [7, 11) is 2.03. The number of hydrogen-bond acceptors (Lipinski definition) is 3. The summed E-state index contributed by atoms with van der Waals surface area (Å²) in [6, 6.07) is 9.41. The number of benzene rings is 1. The van der Waals surface area contributed by atoms with Crippen LogP contribution in [0.1, 0.15) is 6.92 Å². The quantitative estimate of drug-likeness (QED) is 0.889. The lowest BCUT2D eigenvalue weighted by molar-refractivity contribution is 0.334. The van der Waals surface area contributed by atoms with Crippen molar-refractivity contribution in [1.82, 2.24) is 9.47 Å². The Morgan fingerprint density at radius 1 is 1.33 bits per heavy atom. The third kappa shape index (κ3) is 2.38. The summed E-state index contributed by atoms with van der Waals surface area (Å²) < 4.78 is 1.65. The number of aromatic nitrogens is 1. The van der Waals surface area contributed by atoms with E-state index < -0.39 is 0 Å². The zero-order valence-corrected chi connectivity index (χ0v) is 10.9. The van der Waals surface area contributed by atoms with Gasteiger partial charge in [0.1, 0.15) is 5.82 Å². The van der Waals surface area contributed by atoms with E-state index in [2.05, 4.69) is 11.8 Å². The van der Waals surface area contributed by atoms with Crippen LogP contribution in [0.25, 0.3) is 10.8 Å². The van der Waals surface area contributed by atoms with Crippen LogP contribution in [0.4, 0.5) is 5.82 Å². The second-order valence-electron chi connectivity index (χ2n) is 4.51. The van der Waals surface area contributed by atoms with E-state index in [-0.39, 0.29) is 5.56 Å². The van der Waals surface area contributed by atoms with E-state index in [0.29, 0.717) is 12.4 Å². The fraction of sp³-hybridized carbons (Fsp3) is 0.357. The Balaban J connectivity index is 2.41. The first-order chi connectivity index (χ1) is 8.63. The van der Waals surface area contributed by atoms with E-state index in [0.717, 1.165) is 23.9 Å². The van der Waals surface area contributed by atoms with Gasteiger partial charge in [0.25, 0.3) is 5.56 Å². The highest BCUT2D eigenvalue weighted by molar-refractivity contribution is 5.83. The molecule has 0 spiro atoms. The normalized spacial score (nSPS) is 11.3. The molecule has 2 rings (SSSR count). The summed E-state index contributed by atoms with van der Waals surface area (Å²) in [5, 5.41) is 1.63. The van der Waals surface area contributed by atoms with Crippen molar-refractivity contribution in [3.05, 3.63) is 40.7 Å². The molecule has 1 aromatic heterocycles. The molecule has 96 valence electrons. The van der Waals surface area contributed by atoms with Gasteiger partial charge < -0.3 is 10.6 Å². The number of nitrogens with zero attached hydrogens (tertiary/aromatic N) is 2. The summed E-state index contributed by atoms with van der Waals surface area (Å²) in [6.45, 7) is 4.49. The Bertz CT molecular complexity index is 604. The molecule has 0 amide bonds. The van der Waals surface area contributed by atoms with Crippen molar-refractivity contribution in [3.8, 4) is 0 Å². The van der Waals surface area contributed by atoms with E-state index in [4.69, 9.17) is 5.73 Å². The number of nitrogen functional groups attached to an aromatic ring is 1. The molecule has 4 nitrogen and oxygen atoms in total. The van der Waals surface area contributed by atoms with Gasteiger partial charge in [0.15, 0.2) is 0 Å². The van der Waals surface area contributed by atoms with Crippen molar-refractivity contribution in [2.45, 2.75) is 13.5 Å². The molecule has 0 saturated carbocycles. The van der Waals surface area contributed by atoms with E-state index >= 15 is 0 Å². The Labute approximate surface area is 107 Å². The van der Waals surface area contributed by atoms with Crippen LogP contribution in [0.15, 0.2) is 35.1 Å². The first-order valence-electron chi connectivity index (χ1n) is 6.20. The summed E-state index contributed by atoms with van der Waals surface area (Å²) in [4.78, 5) is 14.5. The van der Waals surface area contributed by atoms with Crippen molar-refractivity contribution >= 4 is 16.6 Å². The molecular formula is C14H19N3O. The van der Waals surface area contributed by atoms with Gasteiger partial charge in [0.05, 0.1) is 0 Å². The molecule has 0 radical (unpaired) electrons. The highest BCUT2D eigenvalue weighted by Crippen LogP contribution is 2.13. The minimum Gasteiger partial charge on any atom is -0.385 e. The number of pyridine rings is 1. The number of likely N-dealkylation sites (N-methyl/N-ethyl adjacent to an activating group) is 1. The highest BCUT2D eigenvalue weighted by atomic mass is 16.1. The van der Waals surface area contributed by atoms with Crippen LogP contribution in [0, 0.1) is 0 Å². The number of hydrogen-bond donors (Lipinski definition) is 1. The Kier molecular flexibility index (Phi) is 3.67. The molecule has 0 aliphatic rings. The molecule has 18 heavy (non-hydrogen) atoms. The van der Waals surface area contributed by atoms with Crippen LogP contribution in [-0.4, -0.2) is 29.6 Å². The molecule has 2 N–H and O–H groups in total. The van der Waals surface area contributed by atoms with Gasteiger partial charge in [-0.25, -0.2) is 0 Å². The third-order valence-electron chi connectivity index (χ3n) is 3.30. The molecule has 0 unspecified atom stereocenters. The monoisotopic (exact) mass is 245 g/mol. The molecular weight excluding hydrogens is 226 g/mol. The van der Waals surface area contributed by atoms with Crippen molar-refractivity contribution in [3.63, 3.8) is 0 Å². The fourth-order valence-electron chi connectivity index (χ4n) is 1.98. The van der Waals surface area contributed by atoms with Gasteiger partial charge in [-0.2, -0.15) is 0 Å². The minimum absolute atomic E-state index is 0.00453. The predicted octanol–water partition coefficient (Wildman–Crippen LogP) is 1.54. The zero-order chi connectivity index (χ0) is 13.1. The minimum atomic E-state index is -0.00453. The molecule has 0 atom stereocenters. The van der Waals surface area contributed by atoms with Gasteiger partial charge in [-0.05, 0) is 31.1 Å². The zero-order valence-electron chi connectivity index (χ0n) is 10.9. The van der Waals surface area contributed by atoms with Gasteiger partial charge >= 0.3 is 0 Å². The molecule has 0 aliphatic carbocycles. The molecule has 0 saturated heterocycles. The molecule has 1 aromatic carbocycles. The molecule has 4 heteroatoms. The van der Waals surface area contributed by atoms with Gasteiger partial charge in [-0.1, -0.05) is 25.1 Å². The average molecular weight is 245 g/mol. The standard InChI is InChI=1S/C14H19N3O/c1-3-16(2)8-9-17-13(15)10-11-6-4-5-7-12(11)14(17)18/h4-7,10H,3,8-9,15H2,1-2H3. The smallest absolute Gasteiger partial charge is 0.260 e. The largest absolute Gasteiger partial charge is 0.385 e. The van der Waals surface area contributed by atoms with E-state index in [1.807, 2.05) is 37.4 Å². The van der Waals surface area contributed by atoms with Crippen LogP contribution in [0.2, 0.25) is 0 Å². The second kappa shape index (κ2) is 5.23. The van der Waals surface area contributed by atoms with Gasteiger partial charge in [-0.3, -0.25) is 9.36 Å². The van der Waals surface area contributed by atoms with Crippen LogP contribution >= 0.6 is 0 Å². The summed E-state index contributed by atoms with van der Waals surface area (Å²) in [5.74, 6) is 0.531. The molecule has 2 aromatic rings. The van der Waals surface area contributed by atoms with Crippen LogP contribution < -0.4 is 11.3 Å². The summed E-state index contributed by atoms with van der Waals surface area (Å²) in [6.07, 6.45) is 0. The number of anilines is 1. The van der Waals surface area contributed by atoms with E-state index in [1.165, 1.54) is 0 Å².